The van der Waals surface area contributed by atoms with E-state index in [0.717, 1.165) is 5.69 Å². The van der Waals surface area contributed by atoms with Gasteiger partial charge in [0.25, 0.3) is 0 Å². The number of nitrogens with zero attached hydrogens (tertiary/aromatic N) is 4. The third kappa shape index (κ3) is 2.93. The first-order chi connectivity index (χ1) is 12.7. The molecule has 1 fully saturated rings. The van der Waals surface area contributed by atoms with Crippen molar-refractivity contribution in [3.8, 4) is 5.82 Å². The topological polar surface area (TPSA) is 79.6 Å². The summed E-state index contributed by atoms with van der Waals surface area (Å²) in [6.45, 7) is 1.87. The molecule has 1 aliphatic rings. The lowest BCUT2D eigenvalue weighted by molar-refractivity contribution is 0.00426. The van der Waals surface area contributed by atoms with Crippen molar-refractivity contribution in [3.05, 3.63) is 35.8 Å². The molecule has 27 heavy (non-hydrogen) atoms. The van der Waals surface area contributed by atoms with Gasteiger partial charge in [-0.15, -0.1) is 0 Å². The fourth-order valence-electron chi connectivity index (χ4n) is 3.59. The molecule has 2 N–H and O–H groups in total. The van der Waals surface area contributed by atoms with Crippen molar-refractivity contribution >= 4 is 74.2 Å². The van der Waals surface area contributed by atoms with Gasteiger partial charge in [-0.05, 0) is 19.4 Å². The number of thiol groups is 5. The summed E-state index contributed by atoms with van der Waals surface area (Å²) >= 11 is 23.3. The molecule has 1 aliphatic carbocycles. The van der Waals surface area contributed by atoms with Crippen molar-refractivity contribution < 1.29 is 5.11 Å². The first kappa shape index (κ1) is 19.8. The van der Waals surface area contributed by atoms with Crippen molar-refractivity contribution in [3.63, 3.8) is 0 Å². The number of aromatic nitrogens is 5. The van der Waals surface area contributed by atoms with Gasteiger partial charge in [-0.2, -0.15) is 78.0 Å². The van der Waals surface area contributed by atoms with Crippen LogP contribution in [0, 0.1) is 6.92 Å². The molecule has 1 saturated carbocycles. The summed E-state index contributed by atoms with van der Waals surface area (Å²) in [5, 5.41) is 23.1. The van der Waals surface area contributed by atoms with E-state index in [-0.39, 0.29) is 10.5 Å². The molecule has 0 aliphatic heterocycles. The monoisotopic (exact) mass is 457 g/mol. The minimum Gasteiger partial charge on any atom is -0.383 e. The largest absolute Gasteiger partial charge is 0.383 e. The molecule has 4 rings (SSSR count). The summed E-state index contributed by atoms with van der Waals surface area (Å²) in [6.07, 6.45) is 3.65. The van der Waals surface area contributed by atoms with Crippen LogP contribution in [0.3, 0.4) is 0 Å². The zero-order chi connectivity index (χ0) is 19.6. The van der Waals surface area contributed by atoms with Crippen molar-refractivity contribution in [2.45, 2.75) is 38.8 Å². The molecule has 0 amide bonds. The van der Waals surface area contributed by atoms with Crippen LogP contribution < -0.4 is 0 Å². The van der Waals surface area contributed by atoms with Gasteiger partial charge in [-0.1, -0.05) is 0 Å². The summed E-state index contributed by atoms with van der Waals surface area (Å²) in [5.41, 5.74) is 0.591. The van der Waals surface area contributed by atoms with Crippen LogP contribution >= 0.6 is 63.1 Å². The van der Waals surface area contributed by atoms with E-state index in [1.807, 2.05) is 13.0 Å². The van der Waals surface area contributed by atoms with Gasteiger partial charge in [0.15, 0.2) is 11.5 Å². The van der Waals surface area contributed by atoms with Crippen LogP contribution in [0.25, 0.3) is 16.9 Å². The number of hydrogen-bond acceptors (Lipinski definition) is 9. The lowest BCUT2D eigenvalue weighted by Gasteiger charge is -2.52. The molecule has 6 nitrogen and oxygen atoms in total. The minimum absolute atomic E-state index is 0.168. The zero-order valence-electron chi connectivity index (χ0n) is 14.2. The Morgan fingerprint density at radius 1 is 1.30 bits per heavy atom. The van der Waals surface area contributed by atoms with Gasteiger partial charge < -0.3 is 5.11 Å². The van der Waals surface area contributed by atoms with Crippen LogP contribution in [0.15, 0.2) is 24.5 Å². The second kappa shape index (κ2) is 6.81. The van der Waals surface area contributed by atoms with Crippen molar-refractivity contribution in [2.75, 3.05) is 0 Å². The summed E-state index contributed by atoms with van der Waals surface area (Å²) in [4.78, 5) is 4.62. The summed E-state index contributed by atoms with van der Waals surface area (Å²) in [7, 11) is 0. The van der Waals surface area contributed by atoms with Gasteiger partial charge in [0.05, 0.1) is 12.4 Å². The Morgan fingerprint density at radius 3 is 2.70 bits per heavy atom. The van der Waals surface area contributed by atoms with E-state index < -0.39 is 14.9 Å². The van der Waals surface area contributed by atoms with Crippen LogP contribution in [-0.4, -0.2) is 49.9 Å². The van der Waals surface area contributed by atoms with E-state index >= 15 is 0 Å². The van der Waals surface area contributed by atoms with Crippen LogP contribution in [-0.2, 0) is 5.60 Å². The maximum atomic E-state index is 11.8. The van der Waals surface area contributed by atoms with Crippen molar-refractivity contribution in [1.82, 2.24) is 25.0 Å². The van der Waals surface area contributed by atoms with Gasteiger partial charge in [-0.3, -0.25) is 5.10 Å². The van der Waals surface area contributed by atoms with Crippen molar-refractivity contribution in [2.24, 2.45) is 0 Å². The number of aliphatic hydroxyl groups is 1. The first-order valence-corrected chi connectivity index (χ1v) is 10.7. The third-order valence-corrected chi connectivity index (χ3v) is 9.12. The summed E-state index contributed by atoms with van der Waals surface area (Å²) in [5.74, 6) is 0.683. The van der Waals surface area contributed by atoms with Gasteiger partial charge in [0.2, 0.25) is 0 Å². The molecule has 3 aromatic heterocycles. The second-order valence-corrected chi connectivity index (χ2v) is 10.4. The fourth-order valence-corrected chi connectivity index (χ4v) is 5.89. The van der Waals surface area contributed by atoms with Crippen LogP contribution in [0.1, 0.15) is 17.7 Å². The number of pyridine rings is 1. The SMILES string of the molecule is Cc1cc(C2(O)CC(S)C(S)C(S)C2(S)S)c2cnn(-c3ccn[nH]3)c2n1. The van der Waals surface area contributed by atoms with E-state index in [4.69, 9.17) is 25.3 Å². The lowest BCUT2D eigenvalue weighted by atomic mass is 9.76. The normalized spacial score (nSPS) is 30.7. The smallest absolute Gasteiger partial charge is 0.165 e. The van der Waals surface area contributed by atoms with Gasteiger partial charge >= 0.3 is 0 Å². The molecular formula is C16H19N5OS5. The molecule has 0 radical (unpaired) electrons. The highest BCUT2D eigenvalue weighted by Crippen LogP contribution is 2.55. The number of H-pyrrole nitrogens is 1. The average molecular weight is 458 g/mol. The second-order valence-electron chi connectivity index (χ2n) is 6.84. The number of hydrogen-bond donors (Lipinski definition) is 7. The quantitative estimate of drug-likeness (QED) is 0.238. The van der Waals surface area contributed by atoms with Crippen LogP contribution in [0.4, 0.5) is 0 Å². The van der Waals surface area contributed by atoms with Gasteiger partial charge in [0, 0.05) is 38.5 Å². The molecule has 4 atom stereocenters. The number of fused-ring (bicyclic) bond motifs is 1. The van der Waals surface area contributed by atoms with E-state index in [2.05, 4.69) is 58.2 Å². The molecule has 0 spiro atoms. The highest BCUT2D eigenvalue weighted by molar-refractivity contribution is 8.02. The molecule has 144 valence electrons. The molecular weight excluding hydrogens is 439 g/mol. The van der Waals surface area contributed by atoms with Gasteiger partial charge in [0.1, 0.15) is 9.68 Å². The molecule has 3 heterocycles. The van der Waals surface area contributed by atoms with Crippen LogP contribution in [0.5, 0.6) is 0 Å². The Labute approximate surface area is 184 Å². The highest BCUT2D eigenvalue weighted by Gasteiger charge is 2.58. The Kier molecular flexibility index (Phi) is 5.00. The Bertz CT molecular complexity index is 991. The lowest BCUT2D eigenvalue weighted by Crippen LogP contribution is -2.60. The number of nitrogens with one attached hydrogen (secondary N) is 1. The number of rotatable bonds is 2. The summed E-state index contributed by atoms with van der Waals surface area (Å²) in [6, 6.07) is 3.65. The van der Waals surface area contributed by atoms with Crippen molar-refractivity contribution in [1.29, 1.82) is 0 Å². The fraction of sp³-hybridized carbons (Fsp3) is 0.438. The predicted octanol–water partition coefficient (Wildman–Crippen LogP) is 2.49. The molecule has 0 bridgehead atoms. The van der Waals surface area contributed by atoms with Crippen LogP contribution in [0.2, 0.25) is 0 Å². The van der Waals surface area contributed by atoms with Gasteiger partial charge in [-0.25, -0.2) is 4.98 Å². The van der Waals surface area contributed by atoms with E-state index in [1.54, 1.807) is 23.1 Å². The highest BCUT2D eigenvalue weighted by atomic mass is 32.2. The van der Waals surface area contributed by atoms with E-state index in [9.17, 15) is 5.11 Å². The molecule has 4 unspecified atom stereocenters. The summed E-state index contributed by atoms with van der Waals surface area (Å²) < 4.78 is 0.514. The average Bonchev–Trinajstić information content (AvgIpc) is 3.27. The first-order valence-electron chi connectivity index (χ1n) is 8.24. The molecule has 11 heteroatoms. The zero-order valence-corrected chi connectivity index (χ0v) is 18.7. The van der Waals surface area contributed by atoms with E-state index in [0.29, 0.717) is 28.8 Å². The molecule has 3 aromatic rings. The molecule has 0 saturated heterocycles. The Balaban J connectivity index is 1.96. The minimum atomic E-state index is -1.41. The third-order valence-electron chi connectivity index (χ3n) is 5.07. The number of aryl methyl sites for hydroxylation is 1. The maximum Gasteiger partial charge on any atom is 0.165 e. The Hall–Kier alpha value is -0.460. The predicted molar refractivity (Wildman–Crippen MR) is 123 cm³/mol. The standard InChI is InChI=1S/C16H19N5OS5/c1-7-4-9(15(22)5-10(23)12(24)13(25)16(15,26)27)8-6-18-21(14(8)19-7)11-2-3-17-20-11/h2-4,6,10,12-13,22-27H,5H2,1H3,(H,17,20). The van der Waals surface area contributed by atoms with E-state index in [1.165, 1.54) is 0 Å². The Morgan fingerprint density at radius 2 is 2.04 bits per heavy atom. The molecule has 0 aromatic carbocycles. The number of aromatic amines is 1. The maximum absolute atomic E-state index is 11.8.